The number of hydrogen-bond donors (Lipinski definition) is 2. The van der Waals surface area contributed by atoms with Crippen LogP contribution in [0.4, 0.5) is 0 Å². The second kappa shape index (κ2) is 5.95. The lowest BCUT2D eigenvalue weighted by Crippen LogP contribution is -2.48. The summed E-state index contributed by atoms with van der Waals surface area (Å²) in [6.07, 6.45) is 1.19. The zero-order chi connectivity index (χ0) is 13.9. The standard InChI is InChI=1S/C12H20N2O4/c1-4-5-8(12(17)18)13-9-6-10(15)14(7(2)3)11(9)16/h7-9,13H,4-6H2,1-3H3,(H,17,18). The summed E-state index contributed by atoms with van der Waals surface area (Å²) in [6.45, 7) is 5.40. The van der Waals surface area contributed by atoms with Gasteiger partial charge in [0.05, 0.1) is 12.5 Å². The minimum atomic E-state index is -0.986. The van der Waals surface area contributed by atoms with E-state index in [1.54, 1.807) is 13.8 Å². The lowest BCUT2D eigenvalue weighted by Gasteiger charge is -2.21. The van der Waals surface area contributed by atoms with Crippen molar-refractivity contribution >= 4 is 17.8 Å². The van der Waals surface area contributed by atoms with Crippen molar-refractivity contribution in [3.63, 3.8) is 0 Å². The first-order valence-corrected chi connectivity index (χ1v) is 6.23. The van der Waals surface area contributed by atoms with E-state index in [0.717, 1.165) is 0 Å². The van der Waals surface area contributed by atoms with Gasteiger partial charge in [0.2, 0.25) is 11.8 Å². The van der Waals surface area contributed by atoms with Crippen LogP contribution in [0.2, 0.25) is 0 Å². The average Bonchev–Trinajstić information content (AvgIpc) is 2.53. The molecule has 0 radical (unpaired) electrons. The molecule has 0 aromatic carbocycles. The molecule has 0 saturated carbocycles. The lowest BCUT2D eigenvalue weighted by atomic mass is 10.1. The Labute approximate surface area is 106 Å². The molecule has 18 heavy (non-hydrogen) atoms. The molecule has 1 heterocycles. The molecule has 0 spiro atoms. The highest BCUT2D eigenvalue weighted by Gasteiger charge is 2.41. The number of nitrogens with zero attached hydrogens (tertiary/aromatic N) is 1. The number of likely N-dealkylation sites (tertiary alicyclic amines) is 1. The molecule has 102 valence electrons. The largest absolute Gasteiger partial charge is 0.480 e. The third kappa shape index (κ3) is 3.07. The summed E-state index contributed by atoms with van der Waals surface area (Å²) < 4.78 is 0. The van der Waals surface area contributed by atoms with E-state index in [2.05, 4.69) is 5.32 Å². The molecular weight excluding hydrogens is 236 g/mol. The Morgan fingerprint density at radius 1 is 1.50 bits per heavy atom. The number of amides is 2. The Morgan fingerprint density at radius 2 is 2.11 bits per heavy atom. The van der Waals surface area contributed by atoms with Crippen molar-refractivity contribution in [3.8, 4) is 0 Å². The fourth-order valence-corrected chi connectivity index (χ4v) is 2.13. The minimum absolute atomic E-state index is 0.0461. The number of imide groups is 1. The molecule has 6 heteroatoms. The third-order valence-electron chi connectivity index (χ3n) is 2.98. The summed E-state index contributed by atoms with van der Waals surface area (Å²) in [5.41, 5.74) is 0. The summed E-state index contributed by atoms with van der Waals surface area (Å²) in [4.78, 5) is 35.8. The Balaban J connectivity index is 2.71. The summed E-state index contributed by atoms with van der Waals surface area (Å²) in [7, 11) is 0. The number of rotatable bonds is 6. The highest BCUT2D eigenvalue weighted by atomic mass is 16.4. The van der Waals surface area contributed by atoms with E-state index >= 15 is 0 Å². The highest BCUT2D eigenvalue weighted by Crippen LogP contribution is 2.17. The van der Waals surface area contributed by atoms with Gasteiger partial charge >= 0.3 is 5.97 Å². The predicted octanol–water partition coefficient (Wildman–Crippen LogP) is 0.365. The van der Waals surface area contributed by atoms with Crippen molar-refractivity contribution in [2.75, 3.05) is 0 Å². The maximum absolute atomic E-state index is 12.0. The smallest absolute Gasteiger partial charge is 0.320 e. The van der Waals surface area contributed by atoms with Gasteiger partial charge in [-0.3, -0.25) is 24.6 Å². The number of carbonyl (C=O) groups excluding carboxylic acids is 2. The first-order chi connectivity index (χ1) is 8.38. The van der Waals surface area contributed by atoms with E-state index in [-0.39, 0.29) is 24.3 Å². The van der Waals surface area contributed by atoms with Gasteiger partial charge in [-0.2, -0.15) is 0 Å². The SMILES string of the molecule is CCCC(NC1CC(=O)N(C(C)C)C1=O)C(=O)O. The molecule has 2 N–H and O–H groups in total. The number of carbonyl (C=O) groups is 3. The number of carboxylic acid groups (broad SMARTS) is 1. The molecule has 0 aromatic rings. The van der Waals surface area contributed by atoms with Gasteiger partial charge in [0.25, 0.3) is 0 Å². The molecule has 2 atom stereocenters. The van der Waals surface area contributed by atoms with Crippen LogP contribution >= 0.6 is 0 Å². The maximum atomic E-state index is 12.0. The number of nitrogens with one attached hydrogen (secondary N) is 1. The predicted molar refractivity (Wildman–Crippen MR) is 64.9 cm³/mol. The molecule has 1 aliphatic heterocycles. The number of carboxylic acids is 1. The third-order valence-corrected chi connectivity index (χ3v) is 2.98. The van der Waals surface area contributed by atoms with Crippen LogP contribution in [0.25, 0.3) is 0 Å². The Morgan fingerprint density at radius 3 is 2.50 bits per heavy atom. The van der Waals surface area contributed by atoms with E-state index in [1.807, 2.05) is 6.92 Å². The van der Waals surface area contributed by atoms with Gasteiger partial charge in [0, 0.05) is 6.04 Å². The Hall–Kier alpha value is -1.43. The van der Waals surface area contributed by atoms with Crippen LogP contribution in [-0.2, 0) is 14.4 Å². The lowest BCUT2D eigenvalue weighted by molar-refractivity contribution is -0.141. The van der Waals surface area contributed by atoms with Crippen LogP contribution in [0.5, 0.6) is 0 Å². The fourth-order valence-electron chi connectivity index (χ4n) is 2.13. The molecule has 0 bridgehead atoms. The molecule has 0 aliphatic carbocycles. The quantitative estimate of drug-likeness (QED) is 0.670. The molecule has 6 nitrogen and oxygen atoms in total. The highest BCUT2D eigenvalue weighted by molar-refractivity contribution is 6.06. The molecule has 1 aliphatic rings. The first kappa shape index (κ1) is 14.6. The van der Waals surface area contributed by atoms with Gasteiger partial charge in [-0.25, -0.2) is 0 Å². The fraction of sp³-hybridized carbons (Fsp3) is 0.750. The molecule has 0 aromatic heterocycles. The van der Waals surface area contributed by atoms with E-state index < -0.39 is 18.1 Å². The summed E-state index contributed by atoms with van der Waals surface area (Å²) in [5, 5.41) is 11.8. The zero-order valence-electron chi connectivity index (χ0n) is 11.0. The second-order valence-electron chi connectivity index (χ2n) is 4.80. The van der Waals surface area contributed by atoms with Crippen molar-refractivity contribution in [2.24, 2.45) is 0 Å². The average molecular weight is 256 g/mol. The van der Waals surface area contributed by atoms with Crippen LogP contribution in [-0.4, -0.2) is 45.9 Å². The van der Waals surface area contributed by atoms with Gasteiger partial charge in [0.1, 0.15) is 6.04 Å². The van der Waals surface area contributed by atoms with Gasteiger partial charge in [0.15, 0.2) is 0 Å². The van der Waals surface area contributed by atoms with E-state index in [1.165, 1.54) is 4.90 Å². The Kier molecular flexibility index (Phi) is 4.84. The molecule has 1 fully saturated rings. The van der Waals surface area contributed by atoms with E-state index in [4.69, 9.17) is 5.11 Å². The summed E-state index contributed by atoms with van der Waals surface area (Å²) in [6, 6.07) is -1.66. The van der Waals surface area contributed by atoms with Crippen molar-refractivity contribution in [1.29, 1.82) is 0 Å². The van der Waals surface area contributed by atoms with Crippen molar-refractivity contribution < 1.29 is 19.5 Å². The van der Waals surface area contributed by atoms with Crippen molar-refractivity contribution in [1.82, 2.24) is 10.2 Å². The number of hydrogen-bond acceptors (Lipinski definition) is 4. The Bertz CT molecular complexity index is 354. The molecule has 2 unspecified atom stereocenters. The van der Waals surface area contributed by atoms with Crippen LogP contribution < -0.4 is 5.32 Å². The van der Waals surface area contributed by atoms with Crippen LogP contribution in [0.3, 0.4) is 0 Å². The maximum Gasteiger partial charge on any atom is 0.320 e. The molecule has 2 amide bonds. The summed E-state index contributed by atoms with van der Waals surface area (Å²) in [5.74, 6) is -1.55. The number of aliphatic carboxylic acids is 1. The van der Waals surface area contributed by atoms with Gasteiger partial charge < -0.3 is 5.11 Å². The zero-order valence-corrected chi connectivity index (χ0v) is 11.0. The van der Waals surface area contributed by atoms with E-state index in [0.29, 0.717) is 12.8 Å². The van der Waals surface area contributed by atoms with E-state index in [9.17, 15) is 14.4 Å². The monoisotopic (exact) mass is 256 g/mol. The van der Waals surface area contributed by atoms with Crippen LogP contribution in [0.15, 0.2) is 0 Å². The van der Waals surface area contributed by atoms with Gasteiger partial charge in [-0.15, -0.1) is 0 Å². The molecular formula is C12H20N2O4. The topological polar surface area (TPSA) is 86.7 Å². The summed E-state index contributed by atoms with van der Waals surface area (Å²) >= 11 is 0. The second-order valence-corrected chi connectivity index (χ2v) is 4.80. The van der Waals surface area contributed by atoms with Crippen molar-refractivity contribution in [3.05, 3.63) is 0 Å². The van der Waals surface area contributed by atoms with Gasteiger partial charge in [-0.05, 0) is 20.3 Å². The first-order valence-electron chi connectivity index (χ1n) is 6.23. The molecule has 1 rings (SSSR count). The minimum Gasteiger partial charge on any atom is -0.480 e. The molecule has 1 saturated heterocycles. The van der Waals surface area contributed by atoms with Crippen LogP contribution in [0, 0.1) is 0 Å². The van der Waals surface area contributed by atoms with Gasteiger partial charge in [-0.1, -0.05) is 13.3 Å². The van der Waals surface area contributed by atoms with Crippen LogP contribution in [0.1, 0.15) is 40.0 Å². The normalized spacial score (nSPS) is 21.8. The van der Waals surface area contributed by atoms with Crippen molar-refractivity contribution in [2.45, 2.75) is 58.2 Å².